The summed E-state index contributed by atoms with van der Waals surface area (Å²) in [6, 6.07) is 20.7. The van der Waals surface area contributed by atoms with E-state index in [4.69, 9.17) is 4.98 Å². The van der Waals surface area contributed by atoms with Gasteiger partial charge in [0.2, 0.25) is 5.91 Å². The van der Waals surface area contributed by atoms with Gasteiger partial charge in [-0.1, -0.05) is 30.3 Å². The molecule has 0 radical (unpaired) electrons. The SMILES string of the molecule is O=C(CCc1cccnc1)Nc1cccc(-c2ccnc(CCCc3ccc(O)cc3)n2)c1. The van der Waals surface area contributed by atoms with Gasteiger partial charge >= 0.3 is 0 Å². The van der Waals surface area contributed by atoms with Crippen LogP contribution in [0.4, 0.5) is 5.69 Å². The molecular formula is C27H26N4O2. The van der Waals surface area contributed by atoms with Crippen LogP contribution in [0.15, 0.2) is 85.3 Å². The number of rotatable bonds is 9. The first kappa shape index (κ1) is 22.1. The van der Waals surface area contributed by atoms with Crippen molar-refractivity contribution in [1.29, 1.82) is 0 Å². The van der Waals surface area contributed by atoms with Gasteiger partial charge < -0.3 is 10.4 Å². The van der Waals surface area contributed by atoms with E-state index in [0.29, 0.717) is 12.8 Å². The summed E-state index contributed by atoms with van der Waals surface area (Å²) < 4.78 is 0. The van der Waals surface area contributed by atoms with Crippen molar-refractivity contribution in [3.63, 3.8) is 0 Å². The number of benzene rings is 2. The van der Waals surface area contributed by atoms with Crippen LogP contribution in [-0.2, 0) is 24.1 Å². The van der Waals surface area contributed by atoms with Crippen LogP contribution in [-0.4, -0.2) is 26.0 Å². The summed E-state index contributed by atoms with van der Waals surface area (Å²) in [4.78, 5) is 25.6. The summed E-state index contributed by atoms with van der Waals surface area (Å²) in [5.74, 6) is 1.03. The number of carbonyl (C=O) groups is 1. The molecule has 2 N–H and O–H groups in total. The number of aryl methyl sites for hydroxylation is 3. The van der Waals surface area contributed by atoms with Crippen LogP contribution >= 0.6 is 0 Å². The monoisotopic (exact) mass is 438 g/mol. The van der Waals surface area contributed by atoms with Crippen molar-refractivity contribution < 1.29 is 9.90 Å². The molecule has 4 rings (SSSR count). The van der Waals surface area contributed by atoms with E-state index in [-0.39, 0.29) is 11.7 Å². The van der Waals surface area contributed by atoms with E-state index in [9.17, 15) is 9.90 Å². The van der Waals surface area contributed by atoms with Crippen LogP contribution in [0, 0.1) is 0 Å². The first-order valence-electron chi connectivity index (χ1n) is 11.0. The molecule has 0 atom stereocenters. The predicted octanol–water partition coefficient (Wildman–Crippen LogP) is 4.99. The van der Waals surface area contributed by atoms with Gasteiger partial charge in [0.15, 0.2) is 0 Å². The normalized spacial score (nSPS) is 10.7. The van der Waals surface area contributed by atoms with Crippen LogP contribution in [0.5, 0.6) is 5.75 Å². The van der Waals surface area contributed by atoms with E-state index in [1.807, 2.05) is 54.6 Å². The van der Waals surface area contributed by atoms with Gasteiger partial charge in [-0.15, -0.1) is 0 Å². The first-order chi connectivity index (χ1) is 16.2. The van der Waals surface area contributed by atoms with E-state index in [1.165, 1.54) is 5.56 Å². The minimum absolute atomic E-state index is 0.0337. The Morgan fingerprint density at radius 1 is 0.879 bits per heavy atom. The summed E-state index contributed by atoms with van der Waals surface area (Å²) in [6.07, 6.45) is 8.91. The van der Waals surface area contributed by atoms with Crippen LogP contribution in [0.2, 0.25) is 0 Å². The fourth-order valence-corrected chi connectivity index (χ4v) is 3.58. The van der Waals surface area contributed by atoms with E-state index in [0.717, 1.165) is 47.6 Å². The lowest BCUT2D eigenvalue weighted by molar-refractivity contribution is -0.116. The molecule has 0 saturated carbocycles. The maximum absolute atomic E-state index is 12.4. The van der Waals surface area contributed by atoms with Crippen LogP contribution in [0.25, 0.3) is 11.3 Å². The molecule has 0 unspecified atom stereocenters. The van der Waals surface area contributed by atoms with Crippen molar-refractivity contribution in [2.45, 2.75) is 32.1 Å². The molecule has 0 spiro atoms. The van der Waals surface area contributed by atoms with Crippen LogP contribution < -0.4 is 5.32 Å². The highest BCUT2D eigenvalue weighted by atomic mass is 16.3. The molecule has 0 aliphatic rings. The van der Waals surface area contributed by atoms with Crippen LogP contribution in [0.3, 0.4) is 0 Å². The van der Waals surface area contributed by atoms with E-state index < -0.39 is 0 Å². The molecule has 2 aromatic carbocycles. The fourth-order valence-electron chi connectivity index (χ4n) is 3.58. The van der Waals surface area contributed by atoms with Crippen molar-refractivity contribution >= 4 is 11.6 Å². The van der Waals surface area contributed by atoms with Gasteiger partial charge in [0.25, 0.3) is 0 Å². The van der Waals surface area contributed by atoms with Crippen LogP contribution in [0.1, 0.15) is 29.8 Å². The molecule has 0 aliphatic heterocycles. The molecule has 1 amide bonds. The Kier molecular flexibility index (Phi) is 7.38. The number of aromatic nitrogens is 3. The molecule has 6 heteroatoms. The Bertz CT molecular complexity index is 1190. The zero-order valence-corrected chi connectivity index (χ0v) is 18.3. The number of nitrogens with zero attached hydrogens (tertiary/aromatic N) is 3. The van der Waals surface area contributed by atoms with Crippen molar-refractivity contribution in [3.8, 4) is 17.0 Å². The van der Waals surface area contributed by atoms with E-state index in [2.05, 4.69) is 15.3 Å². The number of anilines is 1. The highest BCUT2D eigenvalue weighted by Crippen LogP contribution is 2.21. The van der Waals surface area contributed by atoms with Crippen molar-refractivity contribution in [2.75, 3.05) is 5.32 Å². The van der Waals surface area contributed by atoms with Crippen molar-refractivity contribution in [2.24, 2.45) is 0 Å². The van der Waals surface area contributed by atoms with Gasteiger partial charge in [-0.3, -0.25) is 9.78 Å². The van der Waals surface area contributed by atoms with Gasteiger partial charge in [-0.05, 0) is 66.8 Å². The molecule has 0 saturated heterocycles. The first-order valence-corrected chi connectivity index (χ1v) is 11.0. The Morgan fingerprint density at radius 2 is 1.76 bits per heavy atom. The fraction of sp³-hybridized carbons (Fsp3) is 0.185. The number of carbonyl (C=O) groups excluding carboxylic acids is 1. The second-order valence-electron chi connectivity index (χ2n) is 7.87. The quantitative estimate of drug-likeness (QED) is 0.384. The largest absolute Gasteiger partial charge is 0.508 e. The standard InChI is InChI=1S/C27H26N4O2/c32-24-12-9-20(10-13-24)4-1-8-26-29-17-15-25(31-26)22-6-2-7-23(18-22)30-27(33)14-11-21-5-3-16-28-19-21/h2-3,5-7,9-10,12-13,15-19,32H,1,4,8,11,14H2,(H,30,33). The second kappa shape index (κ2) is 11.0. The van der Waals surface area contributed by atoms with E-state index in [1.54, 1.807) is 30.7 Å². The summed E-state index contributed by atoms with van der Waals surface area (Å²) >= 11 is 0. The molecule has 6 nitrogen and oxygen atoms in total. The number of hydrogen-bond donors (Lipinski definition) is 2. The van der Waals surface area contributed by atoms with Gasteiger partial charge in [0.1, 0.15) is 11.6 Å². The lowest BCUT2D eigenvalue weighted by Crippen LogP contribution is -2.12. The minimum Gasteiger partial charge on any atom is -0.508 e. The smallest absolute Gasteiger partial charge is 0.224 e. The molecule has 33 heavy (non-hydrogen) atoms. The summed E-state index contributed by atoms with van der Waals surface area (Å²) in [6.45, 7) is 0. The van der Waals surface area contributed by atoms with Gasteiger partial charge in [0.05, 0.1) is 5.69 Å². The summed E-state index contributed by atoms with van der Waals surface area (Å²) in [5, 5.41) is 12.4. The molecule has 0 bridgehead atoms. The summed E-state index contributed by atoms with van der Waals surface area (Å²) in [7, 11) is 0. The predicted molar refractivity (Wildman–Crippen MR) is 129 cm³/mol. The highest BCUT2D eigenvalue weighted by molar-refractivity contribution is 5.91. The lowest BCUT2D eigenvalue weighted by Gasteiger charge is -2.08. The Morgan fingerprint density at radius 3 is 2.58 bits per heavy atom. The molecule has 0 aliphatic carbocycles. The molecule has 2 heterocycles. The number of phenols is 1. The van der Waals surface area contributed by atoms with Gasteiger partial charge in [-0.2, -0.15) is 0 Å². The third kappa shape index (κ3) is 6.71. The topological polar surface area (TPSA) is 88.0 Å². The number of hydrogen-bond acceptors (Lipinski definition) is 5. The van der Waals surface area contributed by atoms with Crippen molar-refractivity contribution in [3.05, 3.63) is 102 Å². The zero-order valence-electron chi connectivity index (χ0n) is 18.3. The third-order valence-electron chi connectivity index (χ3n) is 5.31. The van der Waals surface area contributed by atoms with E-state index >= 15 is 0 Å². The lowest BCUT2D eigenvalue weighted by atomic mass is 10.1. The Balaban J connectivity index is 1.34. The Hall–Kier alpha value is -4.06. The molecule has 2 aromatic heterocycles. The van der Waals surface area contributed by atoms with Gasteiger partial charge in [0, 0.05) is 42.7 Å². The molecule has 4 aromatic rings. The Labute approximate surface area is 193 Å². The number of amides is 1. The second-order valence-corrected chi connectivity index (χ2v) is 7.87. The summed E-state index contributed by atoms with van der Waals surface area (Å²) in [5.41, 5.74) is 4.73. The molecular weight excluding hydrogens is 412 g/mol. The number of aromatic hydroxyl groups is 1. The van der Waals surface area contributed by atoms with Crippen molar-refractivity contribution in [1.82, 2.24) is 15.0 Å². The minimum atomic E-state index is -0.0337. The average Bonchev–Trinajstić information content (AvgIpc) is 2.85. The third-order valence-corrected chi connectivity index (χ3v) is 5.31. The number of nitrogens with one attached hydrogen (secondary N) is 1. The average molecular weight is 439 g/mol. The molecule has 0 fully saturated rings. The molecule has 166 valence electrons. The zero-order chi connectivity index (χ0) is 22.9. The van der Waals surface area contributed by atoms with Gasteiger partial charge in [-0.25, -0.2) is 9.97 Å². The maximum atomic E-state index is 12.4. The number of phenolic OH excluding ortho intramolecular Hbond substituents is 1. The number of pyridine rings is 1. The maximum Gasteiger partial charge on any atom is 0.224 e. The highest BCUT2D eigenvalue weighted by Gasteiger charge is 2.07.